The first-order valence-electron chi connectivity index (χ1n) is 6.37. The van der Waals surface area contributed by atoms with Gasteiger partial charge in [0.1, 0.15) is 17.1 Å². The van der Waals surface area contributed by atoms with Gasteiger partial charge in [0, 0.05) is 12.1 Å². The number of nitrogens with one attached hydrogen (secondary N) is 1. The van der Waals surface area contributed by atoms with Crippen LogP contribution in [0.3, 0.4) is 0 Å². The van der Waals surface area contributed by atoms with Crippen LogP contribution in [0.15, 0.2) is 12.1 Å². The van der Waals surface area contributed by atoms with Crippen LogP contribution >= 0.6 is 0 Å². The van der Waals surface area contributed by atoms with Gasteiger partial charge in [0.2, 0.25) is 0 Å². The highest BCUT2D eigenvalue weighted by Crippen LogP contribution is 2.30. The van der Waals surface area contributed by atoms with E-state index in [1.807, 2.05) is 0 Å². The molecule has 0 radical (unpaired) electrons. The van der Waals surface area contributed by atoms with Gasteiger partial charge in [-0.1, -0.05) is 0 Å². The van der Waals surface area contributed by atoms with Gasteiger partial charge in [-0.2, -0.15) is 0 Å². The molecule has 1 atom stereocenters. The zero-order valence-electron chi connectivity index (χ0n) is 11.2. The first kappa shape index (κ1) is 13.7. The van der Waals surface area contributed by atoms with Crippen LogP contribution < -0.4 is 14.8 Å². The van der Waals surface area contributed by atoms with Gasteiger partial charge in [0.25, 0.3) is 0 Å². The number of benzene rings is 1. The van der Waals surface area contributed by atoms with Crippen molar-refractivity contribution in [1.82, 2.24) is 5.32 Å². The first-order chi connectivity index (χ1) is 9.15. The first-order valence-corrected chi connectivity index (χ1v) is 6.37. The molecule has 19 heavy (non-hydrogen) atoms. The van der Waals surface area contributed by atoms with Gasteiger partial charge in [0.05, 0.1) is 14.2 Å². The Morgan fingerprint density at radius 2 is 2.11 bits per heavy atom. The maximum atomic E-state index is 11.2. The van der Waals surface area contributed by atoms with Crippen LogP contribution in [0.2, 0.25) is 0 Å². The highest BCUT2D eigenvalue weighted by molar-refractivity contribution is 5.91. The Balaban J connectivity index is 2.34. The van der Waals surface area contributed by atoms with Crippen LogP contribution in [0, 0.1) is 0 Å². The molecule has 1 heterocycles. The summed E-state index contributed by atoms with van der Waals surface area (Å²) in [7, 11) is 3.04. The Morgan fingerprint density at radius 3 is 2.63 bits per heavy atom. The molecule has 1 aliphatic rings. The summed E-state index contributed by atoms with van der Waals surface area (Å²) in [5, 5.41) is 12.6. The third-order valence-corrected chi connectivity index (χ3v) is 3.46. The minimum absolute atomic E-state index is 0.177. The number of carboxylic acids is 1. The van der Waals surface area contributed by atoms with Crippen molar-refractivity contribution < 1.29 is 19.4 Å². The van der Waals surface area contributed by atoms with Crippen LogP contribution in [0.4, 0.5) is 0 Å². The quantitative estimate of drug-likeness (QED) is 0.848. The summed E-state index contributed by atoms with van der Waals surface area (Å²) in [6.07, 6.45) is 3.04. The minimum Gasteiger partial charge on any atom is -0.496 e. The number of carbonyl (C=O) groups is 1. The third kappa shape index (κ3) is 2.98. The third-order valence-electron chi connectivity index (χ3n) is 3.46. The fourth-order valence-corrected chi connectivity index (χ4v) is 2.49. The van der Waals surface area contributed by atoms with Crippen molar-refractivity contribution in [3.8, 4) is 11.5 Å². The van der Waals surface area contributed by atoms with Gasteiger partial charge < -0.3 is 19.9 Å². The molecule has 0 aromatic heterocycles. The number of methoxy groups -OCH3 is 2. The van der Waals surface area contributed by atoms with Crippen molar-refractivity contribution in [2.75, 3.05) is 20.8 Å². The van der Waals surface area contributed by atoms with E-state index in [0.29, 0.717) is 17.5 Å². The van der Waals surface area contributed by atoms with E-state index in [9.17, 15) is 9.90 Å². The van der Waals surface area contributed by atoms with Gasteiger partial charge in [-0.3, -0.25) is 0 Å². The molecule has 5 nitrogen and oxygen atoms in total. The molecule has 1 aromatic rings. The maximum Gasteiger partial charge on any atom is 0.339 e. The average Bonchev–Trinajstić information content (AvgIpc) is 2.91. The smallest absolute Gasteiger partial charge is 0.339 e. The lowest BCUT2D eigenvalue weighted by Gasteiger charge is -2.16. The second-order valence-electron chi connectivity index (χ2n) is 4.67. The molecule has 0 amide bonds. The van der Waals surface area contributed by atoms with Crippen molar-refractivity contribution in [1.29, 1.82) is 0 Å². The Morgan fingerprint density at radius 1 is 1.37 bits per heavy atom. The fourth-order valence-electron chi connectivity index (χ4n) is 2.49. The SMILES string of the molecule is COc1cc(OC)c(C(=O)O)cc1CC1CCCN1. The summed E-state index contributed by atoms with van der Waals surface area (Å²) in [5.74, 6) is 0.0168. The molecule has 1 aromatic carbocycles. The van der Waals surface area contributed by atoms with E-state index >= 15 is 0 Å². The number of hydrogen-bond acceptors (Lipinski definition) is 4. The van der Waals surface area contributed by atoms with Crippen LogP contribution in [0.1, 0.15) is 28.8 Å². The molecule has 0 aliphatic carbocycles. The van der Waals surface area contributed by atoms with Crippen molar-refractivity contribution in [2.24, 2.45) is 0 Å². The molecule has 0 spiro atoms. The normalized spacial score (nSPS) is 18.3. The van der Waals surface area contributed by atoms with Gasteiger partial charge in [-0.25, -0.2) is 4.79 Å². The summed E-state index contributed by atoms with van der Waals surface area (Å²) in [6.45, 7) is 1.02. The maximum absolute atomic E-state index is 11.2. The molecule has 1 fully saturated rings. The summed E-state index contributed by atoms with van der Waals surface area (Å²) in [5.41, 5.74) is 1.08. The van der Waals surface area contributed by atoms with E-state index in [1.54, 1.807) is 19.2 Å². The second-order valence-corrected chi connectivity index (χ2v) is 4.67. The molecule has 2 N–H and O–H groups in total. The van der Waals surface area contributed by atoms with Crippen molar-refractivity contribution in [3.05, 3.63) is 23.3 Å². The number of carboxylic acid groups (broad SMARTS) is 1. The Bertz CT molecular complexity index is 467. The lowest BCUT2D eigenvalue weighted by Crippen LogP contribution is -2.24. The van der Waals surface area contributed by atoms with Crippen LogP contribution in [0.5, 0.6) is 11.5 Å². The summed E-state index contributed by atoms with van der Waals surface area (Å²) < 4.78 is 10.4. The lowest BCUT2D eigenvalue weighted by atomic mass is 10.0. The van der Waals surface area contributed by atoms with E-state index < -0.39 is 5.97 Å². The molecule has 5 heteroatoms. The number of rotatable bonds is 5. The standard InChI is InChI=1S/C14H19NO4/c1-18-12-8-13(19-2)11(14(16)17)7-9(12)6-10-4-3-5-15-10/h7-8,10,15H,3-6H2,1-2H3,(H,16,17). The highest BCUT2D eigenvalue weighted by atomic mass is 16.5. The fraction of sp³-hybridized carbons (Fsp3) is 0.500. The van der Waals surface area contributed by atoms with Gasteiger partial charge in [-0.15, -0.1) is 0 Å². The predicted octanol–water partition coefficient (Wildman–Crippen LogP) is 1.70. The number of hydrogen-bond donors (Lipinski definition) is 2. The number of ether oxygens (including phenoxy) is 2. The lowest BCUT2D eigenvalue weighted by molar-refractivity contribution is 0.0693. The van der Waals surface area contributed by atoms with Gasteiger partial charge in [-0.05, 0) is 37.4 Å². The zero-order chi connectivity index (χ0) is 13.8. The van der Waals surface area contributed by atoms with E-state index in [0.717, 1.165) is 31.4 Å². The van der Waals surface area contributed by atoms with Crippen LogP contribution in [-0.2, 0) is 6.42 Å². The van der Waals surface area contributed by atoms with E-state index in [4.69, 9.17) is 9.47 Å². The molecule has 1 unspecified atom stereocenters. The van der Waals surface area contributed by atoms with Crippen molar-refractivity contribution >= 4 is 5.97 Å². The molecule has 1 saturated heterocycles. The summed E-state index contributed by atoms with van der Waals surface area (Å²) >= 11 is 0. The Hall–Kier alpha value is -1.75. The molecule has 0 bridgehead atoms. The van der Waals surface area contributed by atoms with E-state index in [2.05, 4.69) is 5.32 Å². The molecule has 104 valence electrons. The second kappa shape index (κ2) is 5.93. The van der Waals surface area contributed by atoms with Gasteiger partial charge in [0.15, 0.2) is 0 Å². The topological polar surface area (TPSA) is 67.8 Å². The van der Waals surface area contributed by atoms with Crippen molar-refractivity contribution in [2.45, 2.75) is 25.3 Å². The van der Waals surface area contributed by atoms with Gasteiger partial charge >= 0.3 is 5.97 Å². The molecule has 1 aliphatic heterocycles. The van der Waals surface area contributed by atoms with Crippen molar-refractivity contribution in [3.63, 3.8) is 0 Å². The molecule has 2 rings (SSSR count). The average molecular weight is 265 g/mol. The molecular formula is C14H19NO4. The van der Waals surface area contributed by atoms with Crippen LogP contribution in [0.25, 0.3) is 0 Å². The van der Waals surface area contributed by atoms with E-state index in [-0.39, 0.29) is 5.56 Å². The monoisotopic (exact) mass is 265 g/mol. The Labute approximate surface area is 112 Å². The summed E-state index contributed by atoms with van der Waals surface area (Å²) in [6, 6.07) is 3.69. The minimum atomic E-state index is -0.986. The zero-order valence-corrected chi connectivity index (χ0v) is 11.2. The van der Waals surface area contributed by atoms with E-state index in [1.165, 1.54) is 7.11 Å². The Kier molecular flexibility index (Phi) is 4.27. The predicted molar refractivity (Wildman–Crippen MR) is 71.2 cm³/mol. The summed E-state index contributed by atoms with van der Waals surface area (Å²) in [4.78, 5) is 11.2. The highest BCUT2D eigenvalue weighted by Gasteiger charge is 2.20. The van der Waals surface area contributed by atoms with Crippen LogP contribution in [-0.4, -0.2) is 37.9 Å². The number of aromatic carboxylic acids is 1. The molecule has 0 saturated carbocycles. The molecular weight excluding hydrogens is 246 g/mol. The largest absolute Gasteiger partial charge is 0.496 e.